The molecule has 1 unspecified atom stereocenters. The zero-order chi connectivity index (χ0) is 8.97. The highest BCUT2D eigenvalue weighted by Crippen LogP contribution is 2.06. The summed E-state index contributed by atoms with van der Waals surface area (Å²) in [7, 11) is 0. The van der Waals surface area contributed by atoms with Crippen molar-refractivity contribution in [2.24, 2.45) is 5.73 Å². The maximum absolute atomic E-state index is 12.3. The van der Waals surface area contributed by atoms with Crippen molar-refractivity contribution in [1.29, 1.82) is 0 Å². The van der Waals surface area contributed by atoms with Crippen LogP contribution in [0.3, 0.4) is 0 Å². The lowest BCUT2D eigenvalue weighted by molar-refractivity contribution is 0.263. The third-order valence-corrected chi connectivity index (χ3v) is 1.51. The van der Waals surface area contributed by atoms with Crippen LogP contribution in [0, 0.1) is 5.82 Å². The molecule has 66 valence electrons. The fraction of sp³-hybridized carbons (Fsp3) is 0.429. The summed E-state index contributed by atoms with van der Waals surface area (Å²) >= 11 is 0. The Balaban J connectivity index is 2.80. The van der Waals surface area contributed by atoms with Crippen molar-refractivity contribution < 1.29 is 9.50 Å². The predicted octanol–water partition coefficient (Wildman–Crippen LogP) is -0.350. The van der Waals surface area contributed by atoms with E-state index in [1.807, 2.05) is 0 Å². The summed E-state index contributed by atoms with van der Waals surface area (Å²) in [5.74, 6) is -0.417. The molecule has 0 saturated heterocycles. The summed E-state index contributed by atoms with van der Waals surface area (Å²) in [4.78, 5) is 7.39. The van der Waals surface area contributed by atoms with Crippen LogP contribution in [0.5, 0.6) is 0 Å². The first-order valence-corrected chi connectivity index (χ1v) is 3.56. The van der Waals surface area contributed by atoms with Gasteiger partial charge in [-0.3, -0.25) is 0 Å². The highest BCUT2D eigenvalue weighted by Gasteiger charge is 2.10. The molecule has 1 aromatic heterocycles. The zero-order valence-electron chi connectivity index (χ0n) is 6.44. The van der Waals surface area contributed by atoms with Crippen LogP contribution in [0.1, 0.15) is 11.7 Å². The first-order chi connectivity index (χ1) is 5.77. The van der Waals surface area contributed by atoms with Gasteiger partial charge in [0.05, 0.1) is 24.9 Å². The van der Waals surface area contributed by atoms with Crippen LogP contribution >= 0.6 is 0 Å². The van der Waals surface area contributed by atoms with Crippen molar-refractivity contribution in [2.75, 3.05) is 13.2 Å². The fourth-order valence-corrected chi connectivity index (χ4v) is 0.795. The van der Waals surface area contributed by atoms with Crippen LogP contribution in [0.2, 0.25) is 0 Å². The number of nitrogens with two attached hydrogens (primary N) is 1. The second-order valence-electron chi connectivity index (χ2n) is 2.37. The first-order valence-electron chi connectivity index (χ1n) is 3.56. The van der Waals surface area contributed by atoms with Crippen LogP contribution in [0.25, 0.3) is 0 Å². The van der Waals surface area contributed by atoms with E-state index in [1.165, 1.54) is 0 Å². The number of hydrogen-bond acceptors (Lipinski definition) is 4. The Morgan fingerprint density at radius 1 is 1.50 bits per heavy atom. The smallest absolute Gasteiger partial charge is 0.159 e. The van der Waals surface area contributed by atoms with Gasteiger partial charge in [-0.2, -0.15) is 0 Å². The number of aliphatic hydroxyl groups excluding tert-OH is 1. The summed E-state index contributed by atoms with van der Waals surface area (Å²) in [6, 6.07) is 0. The van der Waals surface area contributed by atoms with Gasteiger partial charge >= 0.3 is 0 Å². The SMILES string of the molecule is NCC(CO)c1ncc(F)cn1. The Hall–Kier alpha value is -1.07. The van der Waals surface area contributed by atoms with Crippen molar-refractivity contribution in [3.8, 4) is 0 Å². The topological polar surface area (TPSA) is 72.0 Å². The Kier molecular flexibility index (Phi) is 3.07. The maximum Gasteiger partial charge on any atom is 0.159 e. The Bertz CT molecular complexity index is 235. The van der Waals surface area contributed by atoms with Gasteiger partial charge in [0.1, 0.15) is 5.82 Å². The van der Waals surface area contributed by atoms with Gasteiger partial charge in [-0.25, -0.2) is 14.4 Å². The van der Waals surface area contributed by atoms with E-state index in [2.05, 4.69) is 9.97 Å². The molecule has 4 nitrogen and oxygen atoms in total. The zero-order valence-corrected chi connectivity index (χ0v) is 6.44. The molecule has 3 N–H and O–H groups in total. The van der Waals surface area contributed by atoms with E-state index < -0.39 is 5.82 Å². The van der Waals surface area contributed by atoms with Crippen molar-refractivity contribution in [2.45, 2.75) is 5.92 Å². The monoisotopic (exact) mass is 171 g/mol. The van der Waals surface area contributed by atoms with Gasteiger partial charge in [0.25, 0.3) is 0 Å². The van der Waals surface area contributed by atoms with Gasteiger partial charge in [0, 0.05) is 6.54 Å². The van der Waals surface area contributed by atoms with E-state index >= 15 is 0 Å². The van der Waals surface area contributed by atoms with Crippen LogP contribution in [-0.4, -0.2) is 28.2 Å². The largest absolute Gasteiger partial charge is 0.396 e. The highest BCUT2D eigenvalue weighted by atomic mass is 19.1. The van der Waals surface area contributed by atoms with Crippen LogP contribution in [-0.2, 0) is 0 Å². The fourth-order valence-electron chi connectivity index (χ4n) is 0.795. The molecule has 12 heavy (non-hydrogen) atoms. The van der Waals surface area contributed by atoms with Gasteiger partial charge in [0.2, 0.25) is 0 Å². The average molecular weight is 171 g/mol. The molecule has 0 spiro atoms. The molecule has 0 radical (unpaired) electrons. The van der Waals surface area contributed by atoms with E-state index in [-0.39, 0.29) is 19.1 Å². The third kappa shape index (κ3) is 1.96. The summed E-state index contributed by atoms with van der Waals surface area (Å²) in [5.41, 5.74) is 5.32. The van der Waals surface area contributed by atoms with E-state index in [0.717, 1.165) is 12.4 Å². The quantitative estimate of drug-likeness (QED) is 0.652. The van der Waals surface area contributed by atoms with Gasteiger partial charge in [-0.05, 0) is 0 Å². The number of hydrogen-bond donors (Lipinski definition) is 2. The minimum Gasteiger partial charge on any atom is -0.396 e. The normalized spacial score (nSPS) is 12.9. The van der Waals surface area contributed by atoms with Gasteiger partial charge in [0.15, 0.2) is 5.82 Å². The molecular formula is C7H10FN3O. The Labute approximate surface area is 69.3 Å². The predicted molar refractivity (Wildman–Crippen MR) is 40.9 cm³/mol. The molecule has 1 rings (SSSR count). The van der Waals surface area contributed by atoms with E-state index in [4.69, 9.17) is 10.8 Å². The second-order valence-corrected chi connectivity index (χ2v) is 2.37. The molecule has 0 aliphatic carbocycles. The van der Waals surface area contributed by atoms with Crippen LogP contribution in [0.4, 0.5) is 4.39 Å². The van der Waals surface area contributed by atoms with E-state index in [0.29, 0.717) is 5.82 Å². The highest BCUT2D eigenvalue weighted by molar-refractivity contribution is 4.98. The molecule has 0 aliphatic heterocycles. The maximum atomic E-state index is 12.3. The van der Waals surface area contributed by atoms with Gasteiger partial charge in [-0.15, -0.1) is 0 Å². The van der Waals surface area contributed by atoms with Crippen molar-refractivity contribution in [3.63, 3.8) is 0 Å². The number of rotatable bonds is 3. The van der Waals surface area contributed by atoms with E-state index in [1.54, 1.807) is 0 Å². The molecule has 0 fully saturated rings. The summed E-state index contributed by atoms with van der Waals surface area (Å²) in [6.07, 6.45) is 2.11. The number of aromatic nitrogens is 2. The van der Waals surface area contributed by atoms with Crippen LogP contribution < -0.4 is 5.73 Å². The molecule has 1 aromatic rings. The van der Waals surface area contributed by atoms with E-state index in [9.17, 15) is 4.39 Å². The van der Waals surface area contributed by atoms with Crippen molar-refractivity contribution in [1.82, 2.24) is 9.97 Å². The Morgan fingerprint density at radius 3 is 2.50 bits per heavy atom. The summed E-state index contributed by atoms with van der Waals surface area (Å²) < 4.78 is 12.3. The molecular weight excluding hydrogens is 161 g/mol. The third-order valence-electron chi connectivity index (χ3n) is 1.51. The Morgan fingerprint density at radius 2 is 2.08 bits per heavy atom. The van der Waals surface area contributed by atoms with Gasteiger partial charge < -0.3 is 10.8 Å². The minimum absolute atomic E-state index is 0.123. The number of aliphatic hydroxyl groups is 1. The van der Waals surface area contributed by atoms with Gasteiger partial charge in [-0.1, -0.05) is 0 Å². The van der Waals surface area contributed by atoms with Crippen molar-refractivity contribution >= 4 is 0 Å². The average Bonchev–Trinajstić information content (AvgIpc) is 2.10. The number of halogens is 1. The molecule has 1 heterocycles. The lowest BCUT2D eigenvalue weighted by atomic mass is 10.1. The first kappa shape index (κ1) is 9.02. The lowest BCUT2D eigenvalue weighted by Crippen LogP contribution is -2.18. The molecule has 0 amide bonds. The molecule has 0 aromatic carbocycles. The summed E-state index contributed by atoms with van der Waals surface area (Å²) in [6.45, 7) is 0.129. The molecule has 0 bridgehead atoms. The molecule has 1 atom stereocenters. The number of nitrogens with zero attached hydrogens (tertiary/aromatic N) is 2. The molecule has 0 saturated carbocycles. The molecule has 5 heteroatoms. The molecule has 0 aliphatic rings. The minimum atomic E-state index is -0.493. The van der Waals surface area contributed by atoms with Crippen LogP contribution in [0.15, 0.2) is 12.4 Å². The lowest BCUT2D eigenvalue weighted by Gasteiger charge is -2.08. The van der Waals surface area contributed by atoms with Crippen molar-refractivity contribution in [3.05, 3.63) is 24.0 Å². The standard InChI is InChI=1S/C7H10FN3O/c8-6-2-10-7(11-3-6)5(1-9)4-12/h2-3,5,12H,1,4,9H2. The second kappa shape index (κ2) is 4.08. The summed E-state index contributed by atoms with van der Waals surface area (Å²) in [5, 5.41) is 8.80.